The Morgan fingerprint density at radius 3 is 2.21 bits per heavy atom. The summed E-state index contributed by atoms with van der Waals surface area (Å²) in [7, 11) is 0. The zero-order valence-electron chi connectivity index (χ0n) is 8.70. The van der Waals surface area contributed by atoms with Crippen molar-refractivity contribution < 1.29 is 0 Å². The Morgan fingerprint density at radius 1 is 1.21 bits per heavy atom. The Hall–Kier alpha value is 0.750. The predicted octanol–water partition coefficient (Wildman–Crippen LogP) is 1.32. The van der Waals surface area contributed by atoms with Crippen LogP contribution in [0.25, 0.3) is 0 Å². The molecule has 1 atom stereocenters. The lowest BCUT2D eigenvalue weighted by molar-refractivity contribution is 0.528. The van der Waals surface area contributed by atoms with Crippen molar-refractivity contribution in [1.82, 2.24) is 5.32 Å². The van der Waals surface area contributed by atoms with Crippen molar-refractivity contribution in [3.05, 3.63) is 0 Å². The number of rotatable bonds is 7. The molecule has 5 N–H and O–H groups in total. The van der Waals surface area contributed by atoms with E-state index in [1.165, 1.54) is 12.8 Å². The van der Waals surface area contributed by atoms with Gasteiger partial charge in [-0.2, -0.15) is 0 Å². The van der Waals surface area contributed by atoms with Gasteiger partial charge in [-0.3, -0.25) is 0 Å². The second-order valence-corrected chi connectivity index (χ2v) is 2.90. The molecule has 0 heterocycles. The molecule has 14 heavy (non-hydrogen) atoms. The average molecular weight is 269 g/mol. The molecular formula is C8H24Cl3N3. The van der Waals surface area contributed by atoms with Crippen LogP contribution in [-0.2, 0) is 0 Å². The molecule has 0 fully saturated rings. The van der Waals surface area contributed by atoms with E-state index in [-0.39, 0.29) is 37.2 Å². The maximum absolute atomic E-state index is 5.80. The summed E-state index contributed by atoms with van der Waals surface area (Å²) in [5, 5.41) is 3.19. The Labute approximate surface area is 106 Å². The first-order valence-corrected chi connectivity index (χ1v) is 4.47. The van der Waals surface area contributed by atoms with Crippen LogP contribution in [0.1, 0.15) is 26.2 Å². The van der Waals surface area contributed by atoms with Gasteiger partial charge in [0.15, 0.2) is 0 Å². The highest BCUT2D eigenvalue weighted by molar-refractivity contribution is 5.86. The molecule has 0 aromatic carbocycles. The highest BCUT2D eigenvalue weighted by atomic mass is 35.5. The topological polar surface area (TPSA) is 64.1 Å². The molecule has 0 aromatic heterocycles. The summed E-state index contributed by atoms with van der Waals surface area (Å²) in [5.74, 6) is 0. The molecular weight excluding hydrogens is 244 g/mol. The van der Waals surface area contributed by atoms with E-state index in [9.17, 15) is 0 Å². The summed E-state index contributed by atoms with van der Waals surface area (Å²) >= 11 is 0. The average Bonchev–Trinajstić information content (AvgIpc) is 2.01. The number of hydrogen-bond donors (Lipinski definition) is 3. The molecule has 0 aliphatic rings. The first-order valence-electron chi connectivity index (χ1n) is 4.47. The van der Waals surface area contributed by atoms with Gasteiger partial charge in [0.25, 0.3) is 0 Å². The number of hydrogen-bond acceptors (Lipinski definition) is 3. The molecule has 6 heteroatoms. The summed E-state index contributed by atoms with van der Waals surface area (Å²) in [4.78, 5) is 0. The molecule has 0 radical (unpaired) electrons. The number of nitrogens with two attached hydrogens (primary N) is 2. The number of unbranched alkanes of at least 4 members (excludes halogenated alkanes) is 1. The first-order chi connectivity index (χ1) is 5.31. The fraction of sp³-hybridized carbons (Fsp3) is 1.00. The van der Waals surface area contributed by atoms with Gasteiger partial charge in [-0.1, -0.05) is 19.8 Å². The van der Waals surface area contributed by atoms with Crippen LogP contribution in [0, 0.1) is 0 Å². The quantitative estimate of drug-likeness (QED) is 0.610. The Kier molecular flexibility index (Phi) is 33.3. The van der Waals surface area contributed by atoms with Crippen molar-refractivity contribution >= 4 is 37.2 Å². The predicted molar refractivity (Wildman–Crippen MR) is 71.2 cm³/mol. The molecule has 0 amide bonds. The van der Waals surface area contributed by atoms with Crippen molar-refractivity contribution in [2.75, 3.05) is 19.6 Å². The van der Waals surface area contributed by atoms with E-state index in [0.717, 1.165) is 19.5 Å². The van der Waals surface area contributed by atoms with Crippen molar-refractivity contribution in [2.45, 2.75) is 32.2 Å². The smallest absolute Gasteiger partial charge is 0.0165 e. The molecule has 92 valence electrons. The number of nitrogens with one attached hydrogen (secondary N) is 1. The molecule has 0 aliphatic carbocycles. The summed E-state index contributed by atoms with van der Waals surface area (Å²) in [6, 6.07) is 0.307. The third kappa shape index (κ3) is 18.5. The monoisotopic (exact) mass is 267 g/mol. The van der Waals surface area contributed by atoms with Crippen molar-refractivity contribution in [3.8, 4) is 0 Å². The van der Waals surface area contributed by atoms with Gasteiger partial charge < -0.3 is 16.8 Å². The van der Waals surface area contributed by atoms with Crippen molar-refractivity contribution in [3.63, 3.8) is 0 Å². The van der Waals surface area contributed by atoms with E-state index in [0.29, 0.717) is 12.6 Å². The number of halogens is 3. The van der Waals surface area contributed by atoms with E-state index in [1.54, 1.807) is 0 Å². The SMILES string of the molecule is CCCC[C@H](N)CNCCN.Cl.Cl.Cl. The molecule has 0 saturated carbocycles. The van der Waals surface area contributed by atoms with Gasteiger partial charge in [0, 0.05) is 25.7 Å². The van der Waals surface area contributed by atoms with Crippen LogP contribution in [0.5, 0.6) is 0 Å². The maximum atomic E-state index is 5.80. The minimum absolute atomic E-state index is 0. The molecule has 0 aliphatic heterocycles. The van der Waals surface area contributed by atoms with Crippen LogP contribution in [0.4, 0.5) is 0 Å². The van der Waals surface area contributed by atoms with Crippen LogP contribution in [0.2, 0.25) is 0 Å². The lowest BCUT2D eigenvalue weighted by Gasteiger charge is -2.10. The first kappa shape index (κ1) is 24.1. The second-order valence-electron chi connectivity index (χ2n) is 2.90. The lowest BCUT2D eigenvalue weighted by atomic mass is 10.1. The van der Waals surface area contributed by atoms with E-state index in [1.807, 2.05) is 0 Å². The van der Waals surface area contributed by atoms with Gasteiger partial charge in [0.1, 0.15) is 0 Å². The summed E-state index contributed by atoms with van der Waals surface area (Å²) in [6.07, 6.45) is 3.57. The van der Waals surface area contributed by atoms with Gasteiger partial charge in [0.2, 0.25) is 0 Å². The minimum atomic E-state index is 0. The van der Waals surface area contributed by atoms with Crippen LogP contribution in [0.3, 0.4) is 0 Å². The fourth-order valence-corrected chi connectivity index (χ4v) is 0.958. The maximum Gasteiger partial charge on any atom is 0.0165 e. The minimum Gasteiger partial charge on any atom is -0.329 e. The van der Waals surface area contributed by atoms with E-state index >= 15 is 0 Å². The second kappa shape index (κ2) is 19.3. The Balaban J connectivity index is -0.000000167. The lowest BCUT2D eigenvalue weighted by Crippen LogP contribution is -2.36. The largest absolute Gasteiger partial charge is 0.329 e. The van der Waals surface area contributed by atoms with Crippen LogP contribution in [-0.4, -0.2) is 25.7 Å². The molecule has 0 saturated heterocycles. The fourth-order valence-electron chi connectivity index (χ4n) is 0.958. The van der Waals surface area contributed by atoms with E-state index < -0.39 is 0 Å². The molecule has 0 aromatic rings. The zero-order chi connectivity index (χ0) is 8.53. The summed E-state index contributed by atoms with van der Waals surface area (Å²) in [6.45, 7) is 4.65. The summed E-state index contributed by atoms with van der Waals surface area (Å²) < 4.78 is 0. The van der Waals surface area contributed by atoms with Gasteiger partial charge in [-0.05, 0) is 6.42 Å². The Morgan fingerprint density at radius 2 is 1.79 bits per heavy atom. The molecule has 0 bridgehead atoms. The van der Waals surface area contributed by atoms with Crippen LogP contribution in [0.15, 0.2) is 0 Å². The van der Waals surface area contributed by atoms with Crippen LogP contribution >= 0.6 is 37.2 Å². The van der Waals surface area contributed by atoms with Crippen molar-refractivity contribution in [1.29, 1.82) is 0 Å². The Bertz CT molecular complexity index is 86.2. The van der Waals surface area contributed by atoms with Crippen molar-refractivity contribution in [2.24, 2.45) is 11.5 Å². The molecule has 0 unspecified atom stereocenters. The molecule has 0 rings (SSSR count). The third-order valence-electron chi connectivity index (χ3n) is 1.66. The zero-order valence-corrected chi connectivity index (χ0v) is 11.1. The normalized spacial score (nSPS) is 10.5. The van der Waals surface area contributed by atoms with Gasteiger partial charge in [-0.25, -0.2) is 0 Å². The summed E-state index contributed by atoms with van der Waals surface area (Å²) in [5.41, 5.74) is 11.1. The standard InChI is InChI=1S/C8H21N3.3ClH/c1-2-3-4-8(10)7-11-6-5-9;;;/h8,11H,2-7,9-10H2,1H3;3*1H/t8-;;;/m0.../s1. The molecule has 0 spiro atoms. The highest BCUT2D eigenvalue weighted by Gasteiger charge is 1.99. The van der Waals surface area contributed by atoms with Gasteiger partial charge in [-0.15, -0.1) is 37.2 Å². The third-order valence-corrected chi connectivity index (χ3v) is 1.66. The van der Waals surface area contributed by atoms with Gasteiger partial charge >= 0.3 is 0 Å². The van der Waals surface area contributed by atoms with Gasteiger partial charge in [0.05, 0.1) is 0 Å². The van der Waals surface area contributed by atoms with E-state index in [4.69, 9.17) is 11.5 Å². The highest BCUT2D eigenvalue weighted by Crippen LogP contribution is 1.96. The van der Waals surface area contributed by atoms with E-state index in [2.05, 4.69) is 12.2 Å². The molecule has 3 nitrogen and oxygen atoms in total. The van der Waals surface area contributed by atoms with Crippen LogP contribution < -0.4 is 16.8 Å².